The van der Waals surface area contributed by atoms with Gasteiger partial charge in [0.25, 0.3) is 0 Å². The molecule has 0 aromatic heterocycles. The Bertz CT molecular complexity index is 819. The Labute approximate surface area is 174 Å². The highest BCUT2D eigenvalue weighted by Gasteiger charge is 2.45. The Morgan fingerprint density at radius 3 is 2.43 bits per heavy atom. The number of aliphatic hydroxyl groups is 3. The Kier molecular flexibility index (Phi) is 8.13. The van der Waals surface area contributed by atoms with Crippen molar-refractivity contribution < 1.29 is 34.8 Å². The highest BCUT2D eigenvalue weighted by Crippen LogP contribution is 2.29. The number of benzene rings is 1. The monoisotopic (exact) mass is 420 g/mol. The van der Waals surface area contributed by atoms with Crippen molar-refractivity contribution in [2.45, 2.75) is 50.7 Å². The van der Waals surface area contributed by atoms with Gasteiger partial charge in [-0.25, -0.2) is 4.79 Å². The lowest BCUT2D eigenvalue weighted by Gasteiger charge is -2.41. The number of aliphatic hydroxyl groups excluding tert-OH is 3. The number of aliphatic carboxylic acids is 1. The summed E-state index contributed by atoms with van der Waals surface area (Å²) in [7, 11) is 0. The van der Waals surface area contributed by atoms with Gasteiger partial charge in [0.2, 0.25) is 11.7 Å². The van der Waals surface area contributed by atoms with E-state index >= 15 is 0 Å². The third-order valence-electron chi connectivity index (χ3n) is 4.90. The number of hydrogen-bond donors (Lipinski definition) is 6. The van der Waals surface area contributed by atoms with E-state index in [0.29, 0.717) is 0 Å². The van der Waals surface area contributed by atoms with Gasteiger partial charge in [0.05, 0.1) is 18.7 Å². The van der Waals surface area contributed by atoms with Crippen molar-refractivity contribution in [1.82, 2.24) is 5.32 Å². The maximum atomic E-state index is 11.8. The molecule has 2 rings (SSSR count). The van der Waals surface area contributed by atoms with E-state index in [-0.39, 0.29) is 12.0 Å². The molecule has 0 bridgehead atoms. The molecule has 164 valence electrons. The molecule has 0 fully saturated rings. The van der Waals surface area contributed by atoms with Crippen molar-refractivity contribution in [3.05, 3.63) is 52.8 Å². The molecule has 1 heterocycles. The summed E-state index contributed by atoms with van der Waals surface area (Å²) in [5, 5.41) is 41.4. The van der Waals surface area contributed by atoms with Crippen LogP contribution in [-0.4, -0.2) is 69.3 Å². The molecular formula is C21H28N2O7. The first-order chi connectivity index (χ1) is 14.1. The minimum Gasteiger partial charge on any atom is -0.478 e. The highest BCUT2D eigenvalue weighted by atomic mass is 16.5. The number of amides is 1. The van der Waals surface area contributed by atoms with E-state index in [1.165, 1.54) is 6.92 Å². The second-order valence-corrected chi connectivity index (χ2v) is 7.25. The predicted octanol–water partition coefficient (Wildman–Crippen LogP) is -0.318. The quantitative estimate of drug-likeness (QED) is 0.333. The van der Waals surface area contributed by atoms with Crippen LogP contribution in [0.3, 0.4) is 0 Å². The van der Waals surface area contributed by atoms with Crippen molar-refractivity contribution >= 4 is 18.0 Å². The number of carboxylic acid groups (broad SMARTS) is 1. The van der Waals surface area contributed by atoms with Crippen LogP contribution in [0.2, 0.25) is 0 Å². The number of carbonyl (C=O) groups excluding carboxylic acids is 1. The fourth-order valence-corrected chi connectivity index (χ4v) is 3.29. The van der Waals surface area contributed by atoms with Gasteiger partial charge in [0, 0.05) is 12.5 Å². The molecule has 1 aromatic carbocycles. The Morgan fingerprint density at radius 2 is 1.90 bits per heavy atom. The minimum absolute atomic E-state index is 0.137. The molecule has 0 spiro atoms. The van der Waals surface area contributed by atoms with Crippen LogP contribution in [0.15, 0.2) is 41.7 Å². The van der Waals surface area contributed by atoms with E-state index in [2.05, 4.69) is 5.32 Å². The zero-order valence-corrected chi connectivity index (χ0v) is 16.9. The molecule has 1 aromatic rings. The molecule has 9 heteroatoms. The predicted molar refractivity (Wildman–Crippen MR) is 109 cm³/mol. The average molecular weight is 420 g/mol. The number of allylic oxidation sites excluding steroid dienone is 1. The SMILES string of the molecule is CC(=O)N[C@H]1[C@H]([C@H](O)[C@H](O)CO)OC(C(=O)O)=C(C/C=C/c2ccc(C)cc2)[C@@H]1N. The molecule has 0 saturated carbocycles. The Balaban J connectivity index is 2.35. The number of hydrogen-bond acceptors (Lipinski definition) is 7. The summed E-state index contributed by atoms with van der Waals surface area (Å²) in [6.07, 6.45) is -0.952. The second kappa shape index (κ2) is 10.4. The molecule has 5 atom stereocenters. The van der Waals surface area contributed by atoms with Gasteiger partial charge in [-0.2, -0.15) is 0 Å². The van der Waals surface area contributed by atoms with Gasteiger partial charge in [-0.1, -0.05) is 42.0 Å². The smallest absolute Gasteiger partial charge is 0.371 e. The van der Waals surface area contributed by atoms with Crippen molar-refractivity contribution in [2.75, 3.05) is 6.61 Å². The summed E-state index contributed by atoms with van der Waals surface area (Å²) in [6, 6.07) is 5.72. The van der Waals surface area contributed by atoms with Gasteiger partial charge in [-0.15, -0.1) is 0 Å². The van der Waals surface area contributed by atoms with Gasteiger partial charge in [-0.05, 0) is 18.9 Å². The maximum Gasteiger partial charge on any atom is 0.371 e. The van der Waals surface area contributed by atoms with Gasteiger partial charge >= 0.3 is 5.97 Å². The number of aryl methyl sites for hydroxylation is 1. The van der Waals surface area contributed by atoms with E-state index in [1.807, 2.05) is 37.3 Å². The van der Waals surface area contributed by atoms with Crippen LogP contribution in [0.25, 0.3) is 6.08 Å². The van der Waals surface area contributed by atoms with Gasteiger partial charge in [-0.3, -0.25) is 4.79 Å². The summed E-state index contributed by atoms with van der Waals surface area (Å²) < 4.78 is 5.48. The molecule has 1 aliphatic heterocycles. The minimum atomic E-state index is -1.67. The largest absolute Gasteiger partial charge is 0.478 e. The summed E-state index contributed by atoms with van der Waals surface area (Å²) in [4.78, 5) is 23.4. The summed E-state index contributed by atoms with van der Waals surface area (Å²) in [5.74, 6) is -2.31. The van der Waals surface area contributed by atoms with Crippen LogP contribution in [-0.2, 0) is 14.3 Å². The summed E-state index contributed by atoms with van der Waals surface area (Å²) >= 11 is 0. The number of ether oxygens (including phenoxy) is 1. The first-order valence-electron chi connectivity index (χ1n) is 9.51. The Hall–Kier alpha value is -2.72. The van der Waals surface area contributed by atoms with E-state index in [1.54, 1.807) is 6.08 Å². The number of carboxylic acids is 1. The van der Waals surface area contributed by atoms with Gasteiger partial charge < -0.3 is 36.2 Å². The fraction of sp³-hybridized carbons (Fsp3) is 0.429. The summed E-state index contributed by atoms with van der Waals surface area (Å²) in [6.45, 7) is 2.43. The standard InChI is InChI=1S/C21H28N2O7/c1-11-6-8-13(9-7-11)4-3-5-14-16(22)17(23-12(2)25)20(18(27)15(26)10-24)30-19(14)21(28)29/h3-4,6-9,15-18,20,24,26-27H,5,10,22H2,1-2H3,(H,23,25)(H,28,29)/b4-3+/t15-,16+,17-,18-,20-/m1/s1. The zero-order chi connectivity index (χ0) is 22.4. The van der Waals surface area contributed by atoms with Crippen LogP contribution in [0, 0.1) is 6.92 Å². The number of rotatable bonds is 8. The van der Waals surface area contributed by atoms with Gasteiger partial charge in [0.15, 0.2) is 0 Å². The average Bonchev–Trinajstić information content (AvgIpc) is 2.70. The van der Waals surface area contributed by atoms with Crippen molar-refractivity contribution in [3.63, 3.8) is 0 Å². The molecule has 0 aliphatic carbocycles. The van der Waals surface area contributed by atoms with Crippen LogP contribution in [0.1, 0.15) is 24.5 Å². The number of nitrogens with one attached hydrogen (secondary N) is 1. The molecule has 0 unspecified atom stereocenters. The molecular weight excluding hydrogens is 392 g/mol. The molecule has 0 radical (unpaired) electrons. The van der Waals surface area contributed by atoms with E-state index in [4.69, 9.17) is 15.6 Å². The molecule has 7 N–H and O–H groups in total. The molecule has 1 aliphatic rings. The van der Waals surface area contributed by atoms with Gasteiger partial charge in [0.1, 0.15) is 18.3 Å². The fourth-order valence-electron chi connectivity index (χ4n) is 3.29. The highest BCUT2D eigenvalue weighted by molar-refractivity contribution is 5.86. The molecule has 9 nitrogen and oxygen atoms in total. The van der Waals surface area contributed by atoms with Crippen molar-refractivity contribution in [3.8, 4) is 0 Å². The topological polar surface area (TPSA) is 162 Å². The van der Waals surface area contributed by atoms with E-state index in [0.717, 1.165) is 11.1 Å². The summed E-state index contributed by atoms with van der Waals surface area (Å²) in [5.41, 5.74) is 8.52. The maximum absolute atomic E-state index is 11.8. The van der Waals surface area contributed by atoms with Crippen molar-refractivity contribution in [1.29, 1.82) is 0 Å². The zero-order valence-electron chi connectivity index (χ0n) is 16.9. The first kappa shape index (κ1) is 23.6. The van der Waals surface area contributed by atoms with Crippen LogP contribution < -0.4 is 11.1 Å². The lowest BCUT2D eigenvalue weighted by atomic mass is 9.86. The van der Waals surface area contributed by atoms with Crippen LogP contribution in [0.4, 0.5) is 0 Å². The number of carbonyl (C=O) groups is 2. The van der Waals surface area contributed by atoms with E-state index < -0.39 is 54.6 Å². The number of nitrogens with two attached hydrogens (primary N) is 1. The molecule has 0 saturated heterocycles. The van der Waals surface area contributed by atoms with Crippen LogP contribution in [0.5, 0.6) is 0 Å². The third kappa shape index (κ3) is 5.67. The van der Waals surface area contributed by atoms with E-state index in [9.17, 15) is 24.9 Å². The second-order valence-electron chi connectivity index (χ2n) is 7.25. The molecule has 1 amide bonds. The lowest BCUT2D eigenvalue weighted by molar-refractivity contribution is -0.146. The first-order valence-corrected chi connectivity index (χ1v) is 9.51. The Morgan fingerprint density at radius 1 is 1.27 bits per heavy atom. The molecule has 30 heavy (non-hydrogen) atoms. The third-order valence-corrected chi connectivity index (χ3v) is 4.90. The van der Waals surface area contributed by atoms with Crippen LogP contribution >= 0.6 is 0 Å². The van der Waals surface area contributed by atoms with Crippen molar-refractivity contribution in [2.24, 2.45) is 5.73 Å². The lowest BCUT2D eigenvalue weighted by Crippen LogP contribution is -2.63. The normalized spacial score (nSPS) is 23.7.